The molecular weight excluding hydrogens is 212 g/mol. The third kappa shape index (κ3) is 2.58. The first-order valence-electron chi connectivity index (χ1n) is 5.08. The molecule has 0 unspecified atom stereocenters. The van der Waals surface area contributed by atoms with Gasteiger partial charge in [-0.15, -0.1) is 6.58 Å². The summed E-state index contributed by atoms with van der Waals surface area (Å²) in [6, 6.07) is 2.29. The van der Waals surface area contributed by atoms with Crippen LogP contribution in [0.2, 0.25) is 0 Å². The lowest BCUT2D eigenvalue weighted by atomic mass is 10.1. The second kappa shape index (κ2) is 5.61. The van der Waals surface area contributed by atoms with E-state index in [1.54, 1.807) is 11.0 Å². The number of hydrogen-bond acceptors (Lipinski definition) is 2. The van der Waals surface area contributed by atoms with E-state index in [-0.39, 0.29) is 17.9 Å². The van der Waals surface area contributed by atoms with Gasteiger partial charge in [0.1, 0.15) is 17.3 Å². The van der Waals surface area contributed by atoms with Crippen molar-refractivity contribution < 1.29 is 13.9 Å². The zero-order valence-electron chi connectivity index (χ0n) is 9.21. The summed E-state index contributed by atoms with van der Waals surface area (Å²) in [4.78, 5) is 1.54. The average Bonchev–Trinajstić information content (AvgIpc) is 2.26. The van der Waals surface area contributed by atoms with Gasteiger partial charge in [-0.05, 0) is 24.6 Å². The van der Waals surface area contributed by atoms with Crippen LogP contribution in [0.25, 0.3) is 0 Å². The van der Waals surface area contributed by atoms with E-state index >= 15 is 0 Å². The van der Waals surface area contributed by atoms with Gasteiger partial charge in [0.15, 0.2) is 0 Å². The Bertz CT molecular complexity index is 356. The summed E-state index contributed by atoms with van der Waals surface area (Å²) < 4.78 is 27.3. The van der Waals surface area contributed by atoms with Crippen molar-refractivity contribution in [2.75, 3.05) is 18.0 Å². The molecule has 88 valence electrons. The highest BCUT2D eigenvalue weighted by atomic mass is 19.1. The van der Waals surface area contributed by atoms with Crippen molar-refractivity contribution in [3.8, 4) is 0 Å². The molecule has 16 heavy (non-hydrogen) atoms. The number of nitrogens with zero attached hydrogens (tertiary/aromatic N) is 1. The van der Waals surface area contributed by atoms with Crippen LogP contribution in [-0.4, -0.2) is 18.2 Å². The van der Waals surface area contributed by atoms with Crippen molar-refractivity contribution in [1.82, 2.24) is 0 Å². The van der Waals surface area contributed by atoms with Gasteiger partial charge in [0, 0.05) is 13.1 Å². The number of hydrogen-bond donors (Lipinski definition) is 1. The fourth-order valence-electron chi connectivity index (χ4n) is 1.55. The molecule has 0 aromatic heterocycles. The first kappa shape index (κ1) is 12.6. The van der Waals surface area contributed by atoms with Crippen LogP contribution in [0, 0.1) is 11.6 Å². The van der Waals surface area contributed by atoms with Crippen LogP contribution < -0.4 is 4.90 Å². The zero-order chi connectivity index (χ0) is 12.1. The van der Waals surface area contributed by atoms with Crippen molar-refractivity contribution in [2.45, 2.75) is 13.5 Å². The van der Waals surface area contributed by atoms with Gasteiger partial charge in [0.2, 0.25) is 0 Å². The van der Waals surface area contributed by atoms with Crippen molar-refractivity contribution in [3.63, 3.8) is 0 Å². The molecule has 0 bridgehead atoms. The lowest BCUT2D eigenvalue weighted by molar-refractivity contribution is 0.280. The molecule has 1 rings (SSSR count). The maximum Gasteiger partial charge on any atom is 0.149 e. The molecule has 0 heterocycles. The largest absolute Gasteiger partial charge is 0.392 e. The Morgan fingerprint density at radius 1 is 1.38 bits per heavy atom. The minimum Gasteiger partial charge on any atom is -0.392 e. The number of rotatable bonds is 5. The van der Waals surface area contributed by atoms with Crippen LogP contribution >= 0.6 is 0 Å². The molecule has 0 aliphatic heterocycles. The number of anilines is 1. The fourth-order valence-corrected chi connectivity index (χ4v) is 1.55. The Morgan fingerprint density at radius 3 is 2.31 bits per heavy atom. The average molecular weight is 227 g/mol. The van der Waals surface area contributed by atoms with Crippen LogP contribution in [0.3, 0.4) is 0 Å². The minimum absolute atomic E-state index is 0.0698. The monoisotopic (exact) mass is 227 g/mol. The molecule has 0 saturated heterocycles. The molecule has 0 fully saturated rings. The van der Waals surface area contributed by atoms with E-state index in [4.69, 9.17) is 5.11 Å². The smallest absolute Gasteiger partial charge is 0.149 e. The normalized spacial score (nSPS) is 10.2. The van der Waals surface area contributed by atoms with Crippen LogP contribution in [0.4, 0.5) is 14.5 Å². The van der Waals surface area contributed by atoms with Gasteiger partial charge < -0.3 is 10.0 Å². The topological polar surface area (TPSA) is 23.5 Å². The maximum absolute atomic E-state index is 13.6. The Morgan fingerprint density at radius 2 is 1.94 bits per heavy atom. The van der Waals surface area contributed by atoms with Gasteiger partial charge in [0.05, 0.1) is 6.61 Å². The lowest BCUT2D eigenvalue weighted by Gasteiger charge is -2.22. The molecule has 4 heteroatoms. The molecule has 1 N–H and O–H groups in total. The van der Waals surface area contributed by atoms with Crippen molar-refractivity contribution in [1.29, 1.82) is 0 Å². The first-order chi connectivity index (χ1) is 7.63. The summed E-state index contributed by atoms with van der Waals surface area (Å²) in [5.74, 6) is -1.32. The van der Waals surface area contributed by atoms with Crippen LogP contribution in [-0.2, 0) is 6.61 Å². The van der Waals surface area contributed by atoms with Gasteiger partial charge in [0.25, 0.3) is 0 Å². The van der Waals surface area contributed by atoms with Crippen molar-refractivity contribution in [2.24, 2.45) is 0 Å². The highest BCUT2D eigenvalue weighted by molar-refractivity contribution is 5.51. The van der Waals surface area contributed by atoms with Gasteiger partial charge in [-0.25, -0.2) is 8.78 Å². The molecule has 0 atom stereocenters. The second-order valence-corrected chi connectivity index (χ2v) is 3.39. The first-order valence-corrected chi connectivity index (χ1v) is 5.08. The predicted octanol–water partition coefficient (Wildman–Crippen LogP) is 2.47. The molecule has 0 aliphatic rings. The number of likely N-dealkylation sites (N-methyl/N-ethyl adjacent to an activating group) is 1. The Hall–Kier alpha value is -1.42. The molecule has 0 spiro atoms. The molecule has 0 radical (unpaired) electrons. The number of aliphatic hydroxyl groups is 1. The number of halogens is 2. The summed E-state index contributed by atoms with van der Waals surface area (Å²) in [6.45, 7) is 5.84. The lowest BCUT2D eigenvalue weighted by Crippen LogP contribution is -2.25. The minimum atomic E-state index is -0.659. The van der Waals surface area contributed by atoms with E-state index in [1.807, 2.05) is 6.92 Å². The molecule has 0 saturated carbocycles. The van der Waals surface area contributed by atoms with Gasteiger partial charge in [-0.3, -0.25) is 0 Å². The second-order valence-electron chi connectivity index (χ2n) is 3.39. The summed E-state index contributed by atoms with van der Waals surface area (Å²) >= 11 is 0. The third-order valence-electron chi connectivity index (χ3n) is 2.31. The fraction of sp³-hybridized carbons (Fsp3) is 0.333. The highest BCUT2D eigenvalue weighted by Gasteiger charge is 2.15. The van der Waals surface area contributed by atoms with E-state index in [9.17, 15) is 8.78 Å². The third-order valence-corrected chi connectivity index (χ3v) is 2.31. The molecular formula is C12H15F2NO. The van der Waals surface area contributed by atoms with E-state index in [2.05, 4.69) is 6.58 Å². The van der Waals surface area contributed by atoms with E-state index in [0.29, 0.717) is 13.1 Å². The quantitative estimate of drug-likeness (QED) is 0.781. The van der Waals surface area contributed by atoms with Gasteiger partial charge >= 0.3 is 0 Å². The van der Waals surface area contributed by atoms with E-state index in [1.165, 1.54) is 0 Å². The van der Waals surface area contributed by atoms with Crippen LogP contribution in [0.1, 0.15) is 12.5 Å². The Kier molecular flexibility index (Phi) is 4.43. The summed E-state index contributed by atoms with van der Waals surface area (Å²) in [6.07, 6.45) is 1.59. The molecule has 1 aromatic carbocycles. The number of aliphatic hydroxyl groups excluding tert-OH is 1. The van der Waals surface area contributed by atoms with Gasteiger partial charge in [-0.1, -0.05) is 6.08 Å². The Balaban J connectivity index is 3.16. The Labute approximate surface area is 93.8 Å². The molecule has 2 nitrogen and oxygen atoms in total. The van der Waals surface area contributed by atoms with E-state index in [0.717, 1.165) is 12.1 Å². The predicted molar refractivity (Wildman–Crippen MR) is 60.4 cm³/mol. The maximum atomic E-state index is 13.6. The van der Waals surface area contributed by atoms with Crippen LogP contribution in [0.5, 0.6) is 0 Å². The number of benzene rings is 1. The molecule has 0 aliphatic carbocycles. The summed E-state index contributed by atoms with van der Waals surface area (Å²) in [7, 11) is 0. The van der Waals surface area contributed by atoms with Gasteiger partial charge in [-0.2, -0.15) is 0 Å². The zero-order valence-corrected chi connectivity index (χ0v) is 9.21. The molecule has 1 aromatic rings. The summed E-state index contributed by atoms with van der Waals surface area (Å²) in [5, 5.41) is 8.81. The van der Waals surface area contributed by atoms with Crippen molar-refractivity contribution >= 4 is 5.69 Å². The van der Waals surface area contributed by atoms with Crippen molar-refractivity contribution in [3.05, 3.63) is 42.0 Å². The van der Waals surface area contributed by atoms with E-state index < -0.39 is 11.6 Å². The van der Waals surface area contributed by atoms with Crippen LogP contribution in [0.15, 0.2) is 24.8 Å². The highest BCUT2D eigenvalue weighted by Crippen LogP contribution is 2.24. The SMILES string of the molecule is C=CCN(CC)c1c(F)cc(CO)cc1F. The standard InChI is InChI=1S/C12H15F2NO/c1-3-5-15(4-2)12-10(13)6-9(8-16)7-11(12)14/h3,6-7,16H,1,4-5,8H2,2H3. The summed E-state index contributed by atoms with van der Waals surface area (Å²) in [5.41, 5.74) is 0.160. The molecule has 0 amide bonds.